The Morgan fingerprint density at radius 1 is 0.841 bits per heavy atom. The lowest BCUT2D eigenvalue weighted by molar-refractivity contribution is -0.135. The molecule has 1 amide bonds. The second-order valence-electron chi connectivity index (χ2n) is 10.6. The summed E-state index contributed by atoms with van der Waals surface area (Å²) in [7, 11) is 1.66. The Labute approximate surface area is 258 Å². The maximum absolute atomic E-state index is 14.9. The zero-order chi connectivity index (χ0) is 30.9. The molecule has 7 nitrogen and oxygen atoms in total. The summed E-state index contributed by atoms with van der Waals surface area (Å²) in [5, 5.41) is 0.517. The maximum atomic E-state index is 14.9. The molecular formula is C37H39N3O4. The Bertz CT molecular complexity index is 1680. The van der Waals surface area contributed by atoms with Crippen molar-refractivity contribution in [2.45, 2.75) is 38.6 Å². The van der Waals surface area contributed by atoms with Crippen molar-refractivity contribution in [1.29, 1.82) is 0 Å². The van der Waals surface area contributed by atoms with Crippen LogP contribution in [0.15, 0.2) is 114 Å². The quantitative estimate of drug-likeness (QED) is 0.139. The molecule has 0 radical (unpaired) electrons. The van der Waals surface area contributed by atoms with Crippen molar-refractivity contribution in [3.05, 3.63) is 136 Å². The number of hydrogen-bond donors (Lipinski definition) is 0. The van der Waals surface area contributed by atoms with Gasteiger partial charge < -0.3 is 14.4 Å². The molecule has 7 heteroatoms. The molecule has 1 unspecified atom stereocenters. The molecule has 1 atom stereocenters. The molecule has 5 aromatic rings. The van der Waals surface area contributed by atoms with E-state index in [1.807, 2.05) is 122 Å². The molecule has 0 aliphatic heterocycles. The Balaban J connectivity index is 1.69. The summed E-state index contributed by atoms with van der Waals surface area (Å²) in [6.07, 6.45) is 1.19. The molecule has 1 aromatic heterocycles. The van der Waals surface area contributed by atoms with Crippen molar-refractivity contribution >= 4 is 16.8 Å². The second-order valence-corrected chi connectivity index (χ2v) is 10.6. The number of ether oxygens (including phenoxy) is 2. The smallest absolute Gasteiger partial charge is 0.266 e. The van der Waals surface area contributed by atoms with Crippen LogP contribution in [-0.2, 0) is 9.53 Å². The second kappa shape index (κ2) is 14.6. The fourth-order valence-corrected chi connectivity index (χ4v) is 5.76. The topological polar surface area (TPSA) is 73.7 Å². The van der Waals surface area contributed by atoms with Crippen LogP contribution < -0.4 is 10.3 Å². The number of carbonyl (C=O) groups is 1. The molecule has 0 saturated carbocycles. The molecule has 5 rings (SSSR count). The Morgan fingerprint density at radius 2 is 1.45 bits per heavy atom. The lowest BCUT2D eigenvalue weighted by Crippen LogP contribution is -2.42. The van der Waals surface area contributed by atoms with Gasteiger partial charge in [0.05, 0.1) is 35.2 Å². The highest BCUT2D eigenvalue weighted by Crippen LogP contribution is 2.33. The van der Waals surface area contributed by atoms with Crippen LogP contribution in [-0.4, -0.2) is 47.2 Å². The molecular weight excluding hydrogens is 550 g/mol. The number of aromatic nitrogens is 2. The third-order valence-corrected chi connectivity index (χ3v) is 7.81. The third-order valence-electron chi connectivity index (χ3n) is 7.81. The molecule has 0 aliphatic carbocycles. The van der Waals surface area contributed by atoms with Gasteiger partial charge in [0.1, 0.15) is 11.6 Å². The van der Waals surface area contributed by atoms with Crippen LogP contribution in [0.2, 0.25) is 0 Å². The number of carbonyl (C=O) groups excluding carboxylic acids is 1. The maximum Gasteiger partial charge on any atom is 0.266 e. The highest BCUT2D eigenvalue weighted by Gasteiger charge is 2.34. The van der Waals surface area contributed by atoms with E-state index in [4.69, 9.17) is 14.5 Å². The molecule has 0 bridgehead atoms. The van der Waals surface area contributed by atoms with Gasteiger partial charge in [0, 0.05) is 20.3 Å². The molecule has 0 fully saturated rings. The predicted molar refractivity (Wildman–Crippen MR) is 174 cm³/mol. The SMILES string of the molecule is CCOc1ccc(-n2c(C(CC)N(CCCOC)C(=O)C(c3ccccc3)c3ccccc3)nc3ccccc3c2=O)cc1. The first-order chi connectivity index (χ1) is 21.6. The van der Waals surface area contributed by atoms with Gasteiger partial charge in [-0.25, -0.2) is 4.98 Å². The molecule has 226 valence electrons. The number of rotatable bonds is 13. The van der Waals surface area contributed by atoms with Gasteiger partial charge in [0.25, 0.3) is 5.56 Å². The van der Waals surface area contributed by atoms with Gasteiger partial charge in [0.15, 0.2) is 0 Å². The van der Waals surface area contributed by atoms with E-state index in [1.165, 1.54) is 0 Å². The van der Waals surface area contributed by atoms with Crippen LogP contribution in [0.3, 0.4) is 0 Å². The van der Waals surface area contributed by atoms with Gasteiger partial charge in [-0.2, -0.15) is 0 Å². The lowest BCUT2D eigenvalue weighted by atomic mass is 9.89. The number of fused-ring (bicyclic) bond motifs is 1. The highest BCUT2D eigenvalue weighted by atomic mass is 16.5. The average Bonchev–Trinajstić information content (AvgIpc) is 3.06. The average molecular weight is 590 g/mol. The summed E-state index contributed by atoms with van der Waals surface area (Å²) < 4.78 is 12.7. The van der Waals surface area contributed by atoms with Crippen molar-refractivity contribution in [1.82, 2.24) is 14.5 Å². The van der Waals surface area contributed by atoms with Crippen LogP contribution in [0.5, 0.6) is 5.75 Å². The van der Waals surface area contributed by atoms with Gasteiger partial charge in [-0.05, 0) is 67.3 Å². The molecule has 0 spiro atoms. The number of amides is 1. The van der Waals surface area contributed by atoms with E-state index in [1.54, 1.807) is 17.7 Å². The first-order valence-corrected chi connectivity index (χ1v) is 15.2. The summed E-state index contributed by atoms with van der Waals surface area (Å²) in [6, 6.07) is 34.0. The zero-order valence-electron chi connectivity index (χ0n) is 25.6. The highest BCUT2D eigenvalue weighted by molar-refractivity contribution is 5.87. The van der Waals surface area contributed by atoms with Gasteiger partial charge in [-0.15, -0.1) is 0 Å². The monoisotopic (exact) mass is 589 g/mol. The zero-order valence-corrected chi connectivity index (χ0v) is 25.6. The van der Waals surface area contributed by atoms with E-state index in [0.29, 0.717) is 55.0 Å². The molecule has 0 N–H and O–H groups in total. The summed E-state index contributed by atoms with van der Waals surface area (Å²) >= 11 is 0. The Kier molecular flexibility index (Phi) is 10.2. The summed E-state index contributed by atoms with van der Waals surface area (Å²) in [6.45, 7) is 5.45. The normalized spacial score (nSPS) is 11.9. The minimum Gasteiger partial charge on any atom is -0.494 e. The van der Waals surface area contributed by atoms with Crippen molar-refractivity contribution < 1.29 is 14.3 Å². The Morgan fingerprint density at radius 3 is 2.05 bits per heavy atom. The molecule has 4 aromatic carbocycles. The summed E-state index contributed by atoms with van der Waals surface area (Å²) in [5.74, 6) is 0.661. The summed E-state index contributed by atoms with van der Waals surface area (Å²) in [4.78, 5) is 36.0. The van der Waals surface area contributed by atoms with Crippen molar-refractivity contribution in [3.63, 3.8) is 0 Å². The minimum absolute atomic E-state index is 0.0500. The lowest BCUT2D eigenvalue weighted by Gasteiger charge is -2.35. The number of nitrogens with zero attached hydrogens (tertiary/aromatic N) is 3. The first kappa shape index (κ1) is 30.7. The van der Waals surface area contributed by atoms with E-state index in [0.717, 1.165) is 16.9 Å². The van der Waals surface area contributed by atoms with E-state index < -0.39 is 12.0 Å². The molecule has 0 aliphatic rings. The summed E-state index contributed by atoms with van der Waals surface area (Å²) in [5.41, 5.74) is 2.90. The van der Waals surface area contributed by atoms with E-state index in [9.17, 15) is 9.59 Å². The Hall–Kier alpha value is -4.75. The fraction of sp³-hybridized carbons (Fsp3) is 0.270. The largest absolute Gasteiger partial charge is 0.494 e. The van der Waals surface area contributed by atoms with E-state index >= 15 is 0 Å². The van der Waals surface area contributed by atoms with Crippen molar-refractivity contribution in [3.8, 4) is 11.4 Å². The standard InChI is InChI=1S/C37H39N3O4/c1-4-33(35-38-32-20-13-12-19-31(32)36(41)40(35)29-21-23-30(24-22-29)44-5-2)39(25-14-26-43-3)37(42)34(27-15-8-6-9-16-27)28-17-10-7-11-18-28/h6-13,15-24,33-34H,4-5,14,25-26H2,1-3H3. The molecule has 1 heterocycles. The minimum atomic E-state index is -0.528. The van der Waals surface area contributed by atoms with Gasteiger partial charge >= 0.3 is 0 Å². The molecule has 0 saturated heterocycles. The van der Waals surface area contributed by atoms with Crippen LogP contribution in [0, 0.1) is 0 Å². The molecule has 44 heavy (non-hydrogen) atoms. The first-order valence-electron chi connectivity index (χ1n) is 15.2. The number of methoxy groups -OCH3 is 1. The number of benzene rings is 4. The third kappa shape index (κ3) is 6.58. The van der Waals surface area contributed by atoms with Gasteiger partial charge in [-0.1, -0.05) is 79.7 Å². The fourth-order valence-electron chi connectivity index (χ4n) is 5.76. The van der Waals surface area contributed by atoms with Crippen molar-refractivity contribution in [2.75, 3.05) is 26.9 Å². The van der Waals surface area contributed by atoms with Crippen LogP contribution in [0.1, 0.15) is 55.6 Å². The number of hydrogen-bond acceptors (Lipinski definition) is 5. The van der Waals surface area contributed by atoms with E-state index in [-0.39, 0.29) is 11.5 Å². The van der Waals surface area contributed by atoms with Crippen LogP contribution in [0.4, 0.5) is 0 Å². The number of para-hydroxylation sites is 1. The van der Waals surface area contributed by atoms with Gasteiger partial charge in [-0.3, -0.25) is 14.2 Å². The van der Waals surface area contributed by atoms with Crippen LogP contribution in [0.25, 0.3) is 16.6 Å². The van der Waals surface area contributed by atoms with Crippen molar-refractivity contribution in [2.24, 2.45) is 0 Å². The predicted octanol–water partition coefficient (Wildman–Crippen LogP) is 6.93. The van der Waals surface area contributed by atoms with E-state index in [2.05, 4.69) is 0 Å². The van der Waals surface area contributed by atoms with Gasteiger partial charge in [0.2, 0.25) is 5.91 Å². The van der Waals surface area contributed by atoms with Crippen LogP contribution >= 0.6 is 0 Å².